The molecule has 0 aliphatic rings. The maximum atomic E-state index is 13.6. The van der Waals surface area contributed by atoms with Crippen LogP contribution in [-0.4, -0.2) is 35.1 Å². The molecule has 0 amide bonds. The van der Waals surface area contributed by atoms with Crippen molar-refractivity contribution in [2.75, 3.05) is 13.2 Å². The number of rotatable bonds is 13. The normalized spacial score (nSPS) is 13.7. The Morgan fingerprint density at radius 2 is 1.12 bits per heavy atom. The van der Waals surface area contributed by atoms with Crippen molar-refractivity contribution < 1.29 is 18.7 Å². The Bertz CT molecular complexity index is 933. The van der Waals surface area contributed by atoms with Crippen LogP contribution >= 0.6 is 7.60 Å². The Morgan fingerprint density at radius 3 is 1.52 bits per heavy atom. The molecule has 3 aromatic rings. The minimum Gasteiger partial charge on any atom is -0.379 e. The highest BCUT2D eigenvalue weighted by atomic mass is 31.2. The van der Waals surface area contributed by atoms with Gasteiger partial charge in [-0.05, 0) is 37.0 Å². The molecular weight excluding hydrogens is 433 g/mol. The molecule has 0 heterocycles. The van der Waals surface area contributed by atoms with Gasteiger partial charge >= 0.3 is 7.60 Å². The third-order valence-electron chi connectivity index (χ3n) is 5.50. The lowest BCUT2D eigenvalue weighted by molar-refractivity contribution is 0.0565. The Balaban J connectivity index is 2.01. The summed E-state index contributed by atoms with van der Waals surface area (Å²) in [6, 6.07) is 29.7. The monoisotopic (exact) mass is 467 g/mol. The van der Waals surface area contributed by atoms with E-state index in [1.54, 1.807) is 13.8 Å². The topological polar surface area (TPSA) is 59.0 Å². The molecule has 0 saturated heterocycles. The van der Waals surface area contributed by atoms with Gasteiger partial charge in [0.2, 0.25) is 0 Å². The largest absolute Gasteiger partial charge is 0.379 e. The van der Waals surface area contributed by atoms with E-state index in [0.29, 0.717) is 19.5 Å². The molecule has 5 nitrogen and oxygen atoms in total. The molecule has 0 aromatic heterocycles. The highest BCUT2D eigenvalue weighted by Gasteiger charge is 2.42. The molecule has 33 heavy (non-hydrogen) atoms. The van der Waals surface area contributed by atoms with Crippen LogP contribution in [0.25, 0.3) is 0 Å². The van der Waals surface area contributed by atoms with Crippen LogP contribution in [0.5, 0.6) is 0 Å². The predicted molar refractivity (Wildman–Crippen MR) is 133 cm³/mol. The first kappa shape index (κ1) is 25.4. The molecule has 176 valence electrons. The van der Waals surface area contributed by atoms with E-state index in [0.717, 1.165) is 16.7 Å². The van der Waals surface area contributed by atoms with Gasteiger partial charge in [-0.25, -0.2) is 0 Å². The van der Waals surface area contributed by atoms with E-state index in [4.69, 9.17) is 9.05 Å². The van der Waals surface area contributed by atoms with E-state index >= 15 is 0 Å². The van der Waals surface area contributed by atoms with Gasteiger partial charge in [0.05, 0.1) is 19.3 Å². The molecule has 3 aromatic carbocycles. The molecule has 1 N–H and O–H groups in total. The fourth-order valence-corrected chi connectivity index (χ4v) is 5.78. The number of benzene rings is 3. The van der Waals surface area contributed by atoms with Crippen molar-refractivity contribution in [3.63, 3.8) is 0 Å². The minimum atomic E-state index is -3.75. The minimum absolute atomic E-state index is 0.198. The van der Waals surface area contributed by atoms with E-state index < -0.39 is 19.5 Å². The lowest BCUT2D eigenvalue weighted by Gasteiger charge is -2.37. The van der Waals surface area contributed by atoms with Crippen molar-refractivity contribution in [2.24, 2.45) is 0 Å². The predicted octanol–water partition coefficient (Wildman–Crippen LogP) is 5.88. The Hall–Kier alpha value is -2.27. The summed E-state index contributed by atoms with van der Waals surface area (Å²) in [7, 11) is -3.75. The molecule has 0 spiro atoms. The fourth-order valence-electron chi connectivity index (χ4n) is 3.97. The van der Waals surface area contributed by atoms with Crippen LogP contribution in [-0.2, 0) is 33.1 Å². The van der Waals surface area contributed by atoms with E-state index in [1.165, 1.54) is 0 Å². The Kier molecular flexibility index (Phi) is 9.86. The smallest absolute Gasteiger partial charge is 0.360 e. The van der Waals surface area contributed by atoms with Gasteiger partial charge in [0.1, 0.15) is 0 Å². The average Bonchev–Trinajstić information content (AvgIpc) is 2.84. The van der Waals surface area contributed by atoms with Gasteiger partial charge < -0.3 is 14.2 Å². The first-order valence-corrected chi connectivity index (χ1v) is 13.1. The van der Waals surface area contributed by atoms with Crippen molar-refractivity contribution in [3.8, 4) is 0 Å². The lowest BCUT2D eigenvalue weighted by Crippen LogP contribution is -2.45. The zero-order valence-electron chi connectivity index (χ0n) is 19.4. The van der Waals surface area contributed by atoms with Crippen molar-refractivity contribution in [1.82, 2.24) is 4.90 Å². The van der Waals surface area contributed by atoms with Gasteiger partial charge in [-0.2, -0.15) is 0 Å². The standard InChI is InChI=1S/C27H34NO4P/c1-3-31-33(30,32-4-2)27(29)26(20-23-14-8-5-9-15-23)28(21-24-16-10-6-11-17-24)22-25-18-12-7-13-19-25/h5-19,26-27,29H,3-4,20-22H2,1-2H3/t26-,27?/m0/s1. The first-order chi connectivity index (χ1) is 16.1. The maximum Gasteiger partial charge on any atom is 0.360 e. The molecule has 0 saturated carbocycles. The van der Waals surface area contributed by atoms with E-state index in [1.807, 2.05) is 66.7 Å². The van der Waals surface area contributed by atoms with Crippen molar-refractivity contribution in [1.29, 1.82) is 0 Å². The highest BCUT2D eigenvalue weighted by molar-refractivity contribution is 7.54. The number of hydrogen-bond donors (Lipinski definition) is 1. The zero-order chi connectivity index (χ0) is 23.5. The van der Waals surface area contributed by atoms with Crippen LogP contribution in [0.15, 0.2) is 91.0 Å². The van der Waals surface area contributed by atoms with Gasteiger partial charge in [-0.15, -0.1) is 0 Å². The van der Waals surface area contributed by atoms with Crippen LogP contribution in [0.1, 0.15) is 30.5 Å². The van der Waals surface area contributed by atoms with Crippen molar-refractivity contribution in [2.45, 2.75) is 45.2 Å². The molecular formula is C27H34NO4P. The molecule has 0 aliphatic carbocycles. The van der Waals surface area contributed by atoms with E-state index in [9.17, 15) is 9.67 Å². The quantitative estimate of drug-likeness (QED) is 0.318. The number of nitrogens with zero attached hydrogens (tertiary/aromatic N) is 1. The molecule has 0 fully saturated rings. The maximum absolute atomic E-state index is 13.6. The fraction of sp³-hybridized carbons (Fsp3) is 0.333. The second-order valence-electron chi connectivity index (χ2n) is 7.92. The van der Waals surface area contributed by atoms with Gasteiger partial charge in [0, 0.05) is 13.1 Å². The second kappa shape index (κ2) is 12.8. The van der Waals surface area contributed by atoms with Gasteiger partial charge in [0.15, 0.2) is 5.85 Å². The Labute approximate surface area is 197 Å². The number of aliphatic hydroxyl groups is 1. The van der Waals surface area contributed by atoms with Crippen LogP contribution < -0.4 is 0 Å². The molecule has 0 aliphatic heterocycles. The van der Waals surface area contributed by atoms with Crippen LogP contribution in [0.4, 0.5) is 0 Å². The molecule has 1 unspecified atom stereocenters. The van der Waals surface area contributed by atoms with Gasteiger partial charge in [-0.3, -0.25) is 9.46 Å². The molecule has 0 bridgehead atoms. The van der Waals surface area contributed by atoms with Gasteiger partial charge in [-0.1, -0.05) is 91.0 Å². The third kappa shape index (κ3) is 7.36. The summed E-state index contributed by atoms with van der Waals surface area (Å²) in [5.41, 5.74) is 3.27. The van der Waals surface area contributed by atoms with Crippen molar-refractivity contribution in [3.05, 3.63) is 108 Å². The molecule has 2 atom stereocenters. The Morgan fingerprint density at radius 1 is 0.727 bits per heavy atom. The number of hydrogen-bond acceptors (Lipinski definition) is 5. The lowest BCUT2D eigenvalue weighted by atomic mass is 10.0. The third-order valence-corrected chi connectivity index (χ3v) is 7.73. The summed E-state index contributed by atoms with van der Waals surface area (Å²) in [6.07, 6.45) is 0.506. The SMILES string of the molecule is CCOP(=O)(OCC)C(O)[C@H](Cc1ccccc1)N(Cc1ccccc1)Cc1ccccc1. The molecule has 3 rings (SSSR count). The highest BCUT2D eigenvalue weighted by Crippen LogP contribution is 2.54. The first-order valence-electron chi connectivity index (χ1n) is 11.5. The summed E-state index contributed by atoms with van der Waals surface area (Å²) in [5.74, 6) is -1.30. The second-order valence-corrected chi connectivity index (χ2v) is 10.0. The summed E-state index contributed by atoms with van der Waals surface area (Å²) < 4.78 is 24.7. The van der Waals surface area contributed by atoms with Crippen LogP contribution in [0.3, 0.4) is 0 Å². The van der Waals surface area contributed by atoms with E-state index in [2.05, 4.69) is 29.2 Å². The van der Waals surface area contributed by atoms with E-state index in [-0.39, 0.29) is 13.2 Å². The number of aliphatic hydroxyl groups excluding tert-OH is 1. The summed E-state index contributed by atoms with van der Waals surface area (Å²) in [4.78, 5) is 2.17. The average molecular weight is 468 g/mol. The summed E-state index contributed by atoms with van der Waals surface area (Å²) in [6.45, 7) is 5.09. The zero-order valence-corrected chi connectivity index (χ0v) is 20.3. The molecule has 6 heteroatoms. The van der Waals surface area contributed by atoms with Crippen molar-refractivity contribution >= 4 is 7.60 Å². The van der Waals surface area contributed by atoms with Crippen LogP contribution in [0.2, 0.25) is 0 Å². The van der Waals surface area contributed by atoms with Gasteiger partial charge in [0.25, 0.3) is 0 Å². The molecule has 0 radical (unpaired) electrons. The van der Waals surface area contributed by atoms with Crippen LogP contribution in [0, 0.1) is 0 Å². The summed E-state index contributed by atoms with van der Waals surface area (Å²) in [5, 5.41) is 11.5. The summed E-state index contributed by atoms with van der Waals surface area (Å²) >= 11 is 0.